The molecule has 0 spiro atoms. The van der Waals surface area contributed by atoms with Gasteiger partial charge < -0.3 is 15.0 Å². The number of carbonyl (C=O) groups excluding carboxylic acids is 1. The van der Waals surface area contributed by atoms with Gasteiger partial charge in [-0.25, -0.2) is 0 Å². The van der Waals surface area contributed by atoms with Gasteiger partial charge in [0.15, 0.2) is 0 Å². The van der Waals surface area contributed by atoms with Crippen LogP contribution in [0, 0.1) is 0 Å². The molecule has 122 valence electrons. The smallest absolute Gasteiger partial charge is 0.264 e. The molecule has 0 saturated carbocycles. The molecule has 1 aromatic carbocycles. The van der Waals surface area contributed by atoms with Crippen LogP contribution in [0.25, 0.3) is 0 Å². The molecular formula is C18H22N2O3. The molecule has 5 nitrogen and oxygen atoms in total. The van der Waals surface area contributed by atoms with E-state index in [4.69, 9.17) is 4.74 Å². The minimum Gasteiger partial charge on any atom is -0.496 e. The molecular weight excluding hydrogens is 292 g/mol. The third-order valence-corrected chi connectivity index (χ3v) is 3.82. The van der Waals surface area contributed by atoms with Crippen LogP contribution in [0.4, 0.5) is 0 Å². The van der Waals surface area contributed by atoms with Gasteiger partial charge in [-0.05, 0) is 30.0 Å². The molecule has 1 aromatic heterocycles. The quantitative estimate of drug-likeness (QED) is 0.891. The second-order valence-corrected chi connectivity index (χ2v) is 5.77. The van der Waals surface area contributed by atoms with Crippen molar-refractivity contribution in [3.8, 4) is 5.75 Å². The van der Waals surface area contributed by atoms with Crippen molar-refractivity contribution in [2.75, 3.05) is 7.11 Å². The van der Waals surface area contributed by atoms with E-state index >= 15 is 0 Å². The Morgan fingerprint density at radius 1 is 1.09 bits per heavy atom. The standard InChI is InChI=1S/C18H22N2O3/c1-11(2)13-5-7-14(8-6-13)12(3)20-18(22)16-15(23-4)9-10-19-17(16)21/h5-12H,1-4H3,(H,19,21)(H,20,22). The predicted octanol–water partition coefficient (Wildman–Crippen LogP) is 3.00. The number of aromatic nitrogens is 1. The number of pyridine rings is 1. The lowest BCUT2D eigenvalue weighted by atomic mass is 9.99. The number of hydrogen-bond donors (Lipinski definition) is 2. The van der Waals surface area contributed by atoms with Gasteiger partial charge in [0, 0.05) is 6.20 Å². The first kappa shape index (κ1) is 16.8. The topological polar surface area (TPSA) is 71.2 Å². The lowest BCUT2D eigenvalue weighted by Gasteiger charge is -2.16. The summed E-state index contributed by atoms with van der Waals surface area (Å²) in [4.78, 5) is 26.8. The zero-order chi connectivity index (χ0) is 17.0. The maximum Gasteiger partial charge on any atom is 0.264 e. The average molecular weight is 314 g/mol. The molecule has 0 saturated heterocycles. The first-order chi connectivity index (χ1) is 10.9. The third kappa shape index (κ3) is 3.80. The maximum absolute atomic E-state index is 12.4. The summed E-state index contributed by atoms with van der Waals surface area (Å²) >= 11 is 0. The average Bonchev–Trinajstić information content (AvgIpc) is 2.54. The fraction of sp³-hybridized carbons (Fsp3) is 0.333. The van der Waals surface area contributed by atoms with Gasteiger partial charge in [0.25, 0.3) is 11.5 Å². The summed E-state index contributed by atoms with van der Waals surface area (Å²) in [6.45, 7) is 6.15. The van der Waals surface area contributed by atoms with Gasteiger partial charge in [-0.1, -0.05) is 38.1 Å². The van der Waals surface area contributed by atoms with Crippen LogP contribution in [0.5, 0.6) is 5.75 Å². The van der Waals surface area contributed by atoms with E-state index in [2.05, 4.69) is 36.3 Å². The Kier molecular flexibility index (Phi) is 5.21. The zero-order valence-electron chi connectivity index (χ0n) is 13.8. The SMILES string of the molecule is COc1cc[nH]c(=O)c1C(=O)NC(C)c1ccc(C(C)C)cc1. The van der Waals surface area contributed by atoms with Crippen molar-refractivity contribution < 1.29 is 9.53 Å². The molecule has 0 bridgehead atoms. The molecule has 0 aliphatic rings. The monoisotopic (exact) mass is 314 g/mol. The van der Waals surface area contributed by atoms with Crippen molar-refractivity contribution in [3.63, 3.8) is 0 Å². The normalized spacial score (nSPS) is 12.0. The van der Waals surface area contributed by atoms with Gasteiger partial charge in [0.05, 0.1) is 13.2 Å². The number of carbonyl (C=O) groups is 1. The third-order valence-electron chi connectivity index (χ3n) is 3.82. The number of H-pyrrole nitrogens is 1. The summed E-state index contributed by atoms with van der Waals surface area (Å²) in [7, 11) is 1.43. The Labute approximate surface area is 135 Å². The molecule has 1 atom stereocenters. The maximum atomic E-state index is 12.4. The number of benzene rings is 1. The van der Waals surface area contributed by atoms with Crippen LogP contribution >= 0.6 is 0 Å². The van der Waals surface area contributed by atoms with Crippen molar-refractivity contribution >= 4 is 5.91 Å². The second-order valence-electron chi connectivity index (χ2n) is 5.77. The van der Waals surface area contributed by atoms with Crippen molar-refractivity contribution in [3.05, 3.63) is 63.6 Å². The number of aromatic amines is 1. The first-order valence-electron chi connectivity index (χ1n) is 7.60. The van der Waals surface area contributed by atoms with Crippen molar-refractivity contribution in [2.24, 2.45) is 0 Å². The molecule has 0 aliphatic heterocycles. The van der Waals surface area contributed by atoms with Gasteiger partial charge >= 0.3 is 0 Å². The summed E-state index contributed by atoms with van der Waals surface area (Å²) < 4.78 is 5.10. The minimum atomic E-state index is -0.468. The number of methoxy groups -OCH3 is 1. The minimum absolute atomic E-state index is 0.0133. The molecule has 1 heterocycles. The van der Waals surface area contributed by atoms with Crippen LogP contribution in [0.1, 0.15) is 54.2 Å². The van der Waals surface area contributed by atoms with E-state index in [9.17, 15) is 9.59 Å². The molecule has 2 aromatic rings. The summed E-state index contributed by atoms with van der Waals surface area (Å²) in [6.07, 6.45) is 1.45. The summed E-state index contributed by atoms with van der Waals surface area (Å²) in [5, 5.41) is 2.84. The van der Waals surface area contributed by atoms with E-state index in [0.29, 0.717) is 5.92 Å². The van der Waals surface area contributed by atoms with Crippen LogP contribution in [0.2, 0.25) is 0 Å². The Balaban J connectivity index is 2.18. The lowest BCUT2D eigenvalue weighted by Crippen LogP contribution is -2.32. The highest BCUT2D eigenvalue weighted by Crippen LogP contribution is 2.19. The van der Waals surface area contributed by atoms with Crippen LogP contribution in [0.3, 0.4) is 0 Å². The molecule has 1 amide bonds. The van der Waals surface area contributed by atoms with E-state index in [1.165, 1.54) is 18.9 Å². The van der Waals surface area contributed by atoms with E-state index in [1.807, 2.05) is 19.1 Å². The molecule has 0 radical (unpaired) electrons. The second kappa shape index (κ2) is 7.13. The van der Waals surface area contributed by atoms with Crippen LogP contribution in [-0.2, 0) is 0 Å². The van der Waals surface area contributed by atoms with E-state index in [-0.39, 0.29) is 17.4 Å². The number of ether oxygens (including phenoxy) is 1. The van der Waals surface area contributed by atoms with Crippen molar-refractivity contribution in [1.29, 1.82) is 0 Å². The fourth-order valence-corrected chi connectivity index (χ4v) is 2.37. The molecule has 0 fully saturated rings. The number of rotatable bonds is 5. The van der Waals surface area contributed by atoms with E-state index in [0.717, 1.165) is 5.56 Å². The van der Waals surface area contributed by atoms with E-state index < -0.39 is 11.5 Å². The van der Waals surface area contributed by atoms with Gasteiger partial charge in [-0.3, -0.25) is 9.59 Å². The molecule has 2 rings (SSSR count). The summed E-state index contributed by atoms with van der Waals surface area (Å²) in [6, 6.07) is 9.43. The van der Waals surface area contributed by atoms with Crippen molar-refractivity contribution in [2.45, 2.75) is 32.7 Å². The predicted molar refractivity (Wildman–Crippen MR) is 90.0 cm³/mol. The molecule has 5 heteroatoms. The highest BCUT2D eigenvalue weighted by molar-refractivity contribution is 5.96. The number of hydrogen-bond acceptors (Lipinski definition) is 3. The Morgan fingerprint density at radius 3 is 2.26 bits per heavy atom. The molecule has 0 aliphatic carbocycles. The first-order valence-corrected chi connectivity index (χ1v) is 7.60. The highest BCUT2D eigenvalue weighted by atomic mass is 16.5. The van der Waals surface area contributed by atoms with Gasteiger partial charge in [0.1, 0.15) is 11.3 Å². The van der Waals surface area contributed by atoms with Gasteiger partial charge in [0.2, 0.25) is 0 Å². The Bertz CT molecular complexity index is 733. The van der Waals surface area contributed by atoms with Gasteiger partial charge in [-0.2, -0.15) is 0 Å². The van der Waals surface area contributed by atoms with Crippen LogP contribution in [0.15, 0.2) is 41.3 Å². The van der Waals surface area contributed by atoms with Gasteiger partial charge in [-0.15, -0.1) is 0 Å². The largest absolute Gasteiger partial charge is 0.496 e. The molecule has 23 heavy (non-hydrogen) atoms. The fourth-order valence-electron chi connectivity index (χ4n) is 2.37. The lowest BCUT2D eigenvalue weighted by molar-refractivity contribution is 0.0935. The molecule has 2 N–H and O–H groups in total. The Hall–Kier alpha value is -2.56. The van der Waals surface area contributed by atoms with Crippen LogP contribution in [-0.4, -0.2) is 18.0 Å². The van der Waals surface area contributed by atoms with Crippen LogP contribution < -0.4 is 15.6 Å². The highest BCUT2D eigenvalue weighted by Gasteiger charge is 2.19. The Morgan fingerprint density at radius 2 is 1.70 bits per heavy atom. The number of nitrogens with one attached hydrogen (secondary N) is 2. The number of amides is 1. The summed E-state index contributed by atoms with van der Waals surface area (Å²) in [5.41, 5.74) is 1.74. The summed E-state index contributed by atoms with van der Waals surface area (Å²) in [5.74, 6) is 0.263. The van der Waals surface area contributed by atoms with E-state index in [1.54, 1.807) is 6.07 Å². The van der Waals surface area contributed by atoms with Crippen molar-refractivity contribution in [1.82, 2.24) is 10.3 Å². The zero-order valence-corrected chi connectivity index (χ0v) is 13.8. The molecule has 1 unspecified atom stereocenters.